The van der Waals surface area contributed by atoms with Gasteiger partial charge in [-0.25, -0.2) is 4.79 Å². The van der Waals surface area contributed by atoms with Crippen molar-refractivity contribution < 1.29 is 9.53 Å². The van der Waals surface area contributed by atoms with Gasteiger partial charge in [0.1, 0.15) is 0 Å². The summed E-state index contributed by atoms with van der Waals surface area (Å²) in [4.78, 5) is 36.5. The van der Waals surface area contributed by atoms with Crippen LogP contribution in [0.5, 0.6) is 0 Å². The highest BCUT2D eigenvalue weighted by atomic mass is 16.5. The smallest absolute Gasteiger partial charge is 0.328 e. The standard InChI is InChI=1S/C10H14N2O4/c1-7(13)8-6-11-10(15)12(9(8)14)4-3-5-16-2/h6H,3-5H2,1-2H3,(H,11,15). The second-order valence-corrected chi connectivity index (χ2v) is 3.37. The van der Waals surface area contributed by atoms with Crippen LogP contribution in [0.25, 0.3) is 0 Å². The number of rotatable bonds is 5. The van der Waals surface area contributed by atoms with E-state index in [4.69, 9.17) is 4.74 Å². The minimum Gasteiger partial charge on any atom is -0.385 e. The Morgan fingerprint density at radius 1 is 1.50 bits per heavy atom. The number of H-pyrrole nitrogens is 1. The van der Waals surface area contributed by atoms with Gasteiger partial charge in [-0.3, -0.25) is 14.2 Å². The van der Waals surface area contributed by atoms with E-state index in [0.29, 0.717) is 13.0 Å². The van der Waals surface area contributed by atoms with E-state index in [-0.39, 0.29) is 17.9 Å². The van der Waals surface area contributed by atoms with E-state index in [1.54, 1.807) is 7.11 Å². The van der Waals surface area contributed by atoms with Crippen LogP contribution in [0.1, 0.15) is 23.7 Å². The van der Waals surface area contributed by atoms with Gasteiger partial charge in [0.25, 0.3) is 5.56 Å². The number of ketones is 1. The van der Waals surface area contributed by atoms with Crippen LogP contribution >= 0.6 is 0 Å². The fourth-order valence-corrected chi connectivity index (χ4v) is 1.33. The molecule has 0 unspecified atom stereocenters. The minimum atomic E-state index is -0.549. The topological polar surface area (TPSA) is 81.2 Å². The molecule has 0 aromatic carbocycles. The zero-order valence-corrected chi connectivity index (χ0v) is 9.28. The molecule has 1 heterocycles. The van der Waals surface area contributed by atoms with Gasteiger partial charge < -0.3 is 9.72 Å². The lowest BCUT2D eigenvalue weighted by Gasteiger charge is -2.04. The number of nitrogens with zero attached hydrogens (tertiary/aromatic N) is 1. The molecule has 0 saturated heterocycles. The third-order valence-electron chi connectivity index (χ3n) is 2.17. The van der Waals surface area contributed by atoms with E-state index < -0.39 is 11.2 Å². The third kappa shape index (κ3) is 2.66. The SMILES string of the molecule is COCCCn1c(=O)[nH]cc(C(C)=O)c1=O. The van der Waals surface area contributed by atoms with Crippen molar-refractivity contribution in [2.45, 2.75) is 19.9 Å². The zero-order valence-electron chi connectivity index (χ0n) is 9.28. The number of aromatic amines is 1. The van der Waals surface area contributed by atoms with E-state index in [1.807, 2.05) is 0 Å². The molecule has 1 N–H and O–H groups in total. The van der Waals surface area contributed by atoms with Gasteiger partial charge in [-0.05, 0) is 13.3 Å². The number of ether oxygens (including phenoxy) is 1. The van der Waals surface area contributed by atoms with Gasteiger partial charge in [0, 0.05) is 26.5 Å². The van der Waals surface area contributed by atoms with Crippen molar-refractivity contribution in [3.05, 3.63) is 32.6 Å². The molecule has 1 rings (SSSR count). The maximum Gasteiger partial charge on any atom is 0.328 e. The maximum absolute atomic E-state index is 11.7. The Kier molecular flexibility index (Phi) is 4.19. The number of methoxy groups -OCH3 is 1. The molecule has 0 bridgehead atoms. The van der Waals surface area contributed by atoms with E-state index in [2.05, 4.69) is 4.98 Å². The zero-order chi connectivity index (χ0) is 12.1. The van der Waals surface area contributed by atoms with Crippen LogP contribution in [0.15, 0.2) is 15.8 Å². The molecule has 88 valence electrons. The molecule has 0 aliphatic carbocycles. The van der Waals surface area contributed by atoms with Crippen LogP contribution in [-0.2, 0) is 11.3 Å². The predicted octanol–water partition coefficient (Wildman–Crippen LogP) is -0.224. The van der Waals surface area contributed by atoms with Crippen LogP contribution < -0.4 is 11.2 Å². The number of carbonyl (C=O) groups excluding carboxylic acids is 1. The molecule has 0 aliphatic rings. The summed E-state index contributed by atoms with van der Waals surface area (Å²) in [6, 6.07) is 0. The van der Waals surface area contributed by atoms with Gasteiger partial charge in [0.2, 0.25) is 0 Å². The first-order valence-electron chi connectivity index (χ1n) is 4.90. The Labute approximate surface area is 91.9 Å². The normalized spacial score (nSPS) is 10.4. The van der Waals surface area contributed by atoms with Crippen molar-refractivity contribution in [1.82, 2.24) is 9.55 Å². The number of hydrogen-bond acceptors (Lipinski definition) is 4. The molecule has 0 radical (unpaired) electrons. The number of Topliss-reactive ketones (excluding diaryl/α,β-unsaturated/α-hetero) is 1. The van der Waals surface area contributed by atoms with E-state index in [1.165, 1.54) is 6.92 Å². The Morgan fingerprint density at radius 2 is 2.19 bits per heavy atom. The molecule has 16 heavy (non-hydrogen) atoms. The van der Waals surface area contributed by atoms with Crippen LogP contribution in [0.2, 0.25) is 0 Å². The van der Waals surface area contributed by atoms with E-state index >= 15 is 0 Å². The first-order valence-corrected chi connectivity index (χ1v) is 4.90. The van der Waals surface area contributed by atoms with Gasteiger partial charge in [-0.2, -0.15) is 0 Å². The molecule has 1 aromatic heterocycles. The van der Waals surface area contributed by atoms with Crippen molar-refractivity contribution in [1.29, 1.82) is 0 Å². The quantitative estimate of drug-likeness (QED) is 0.555. The van der Waals surface area contributed by atoms with Crippen LogP contribution in [-0.4, -0.2) is 29.1 Å². The second-order valence-electron chi connectivity index (χ2n) is 3.37. The largest absolute Gasteiger partial charge is 0.385 e. The molecule has 6 heteroatoms. The molecule has 0 atom stereocenters. The Morgan fingerprint density at radius 3 is 2.75 bits per heavy atom. The lowest BCUT2D eigenvalue weighted by atomic mass is 10.2. The third-order valence-corrected chi connectivity index (χ3v) is 2.17. The molecule has 0 amide bonds. The average molecular weight is 226 g/mol. The summed E-state index contributed by atoms with van der Waals surface area (Å²) in [6.07, 6.45) is 1.70. The highest BCUT2D eigenvalue weighted by molar-refractivity contribution is 5.93. The number of carbonyl (C=O) groups is 1. The fourth-order valence-electron chi connectivity index (χ4n) is 1.33. The van der Waals surface area contributed by atoms with Crippen molar-refractivity contribution in [2.24, 2.45) is 0 Å². The molecule has 0 aliphatic heterocycles. The van der Waals surface area contributed by atoms with Gasteiger partial charge in [-0.1, -0.05) is 0 Å². The summed E-state index contributed by atoms with van der Waals surface area (Å²) in [7, 11) is 1.54. The predicted molar refractivity (Wildman–Crippen MR) is 57.8 cm³/mol. The maximum atomic E-state index is 11.7. The summed E-state index contributed by atoms with van der Waals surface area (Å²) >= 11 is 0. The fraction of sp³-hybridized carbons (Fsp3) is 0.500. The summed E-state index contributed by atoms with van der Waals surface area (Å²) < 4.78 is 5.84. The molecule has 1 aromatic rings. The van der Waals surface area contributed by atoms with E-state index in [0.717, 1.165) is 10.8 Å². The van der Waals surface area contributed by atoms with Crippen LogP contribution in [0, 0.1) is 0 Å². The molecular weight excluding hydrogens is 212 g/mol. The summed E-state index contributed by atoms with van der Waals surface area (Å²) in [6.45, 7) is 1.98. The number of nitrogens with one attached hydrogen (secondary N) is 1. The highest BCUT2D eigenvalue weighted by Crippen LogP contribution is 1.89. The van der Waals surface area contributed by atoms with Gasteiger partial charge in [0.05, 0.1) is 5.56 Å². The molecule has 6 nitrogen and oxygen atoms in total. The number of hydrogen-bond donors (Lipinski definition) is 1. The van der Waals surface area contributed by atoms with Gasteiger partial charge >= 0.3 is 5.69 Å². The van der Waals surface area contributed by atoms with Crippen molar-refractivity contribution in [3.63, 3.8) is 0 Å². The lowest BCUT2D eigenvalue weighted by Crippen LogP contribution is -2.37. The van der Waals surface area contributed by atoms with Crippen LogP contribution in [0.3, 0.4) is 0 Å². The summed E-state index contributed by atoms with van der Waals surface area (Å²) in [5.41, 5.74) is -1.06. The molecular formula is C10H14N2O4. The summed E-state index contributed by atoms with van der Waals surface area (Å²) in [5, 5.41) is 0. The monoisotopic (exact) mass is 226 g/mol. The van der Waals surface area contributed by atoms with E-state index in [9.17, 15) is 14.4 Å². The molecule has 0 spiro atoms. The molecule has 0 fully saturated rings. The minimum absolute atomic E-state index is 0.00276. The summed E-state index contributed by atoms with van der Waals surface area (Å²) in [5.74, 6) is -0.359. The highest BCUT2D eigenvalue weighted by Gasteiger charge is 2.10. The molecule has 0 saturated carbocycles. The first kappa shape index (κ1) is 12.4. The Balaban J connectivity index is 3.07. The first-order chi connectivity index (χ1) is 7.57. The Hall–Kier alpha value is -1.69. The number of aromatic nitrogens is 2. The lowest BCUT2D eigenvalue weighted by molar-refractivity contribution is 0.101. The van der Waals surface area contributed by atoms with Crippen molar-refractivity contribution in [3.8, 4) is 0 Å². The average Bonchev–Trinajstić information content (AvgIpc) is 2.22. The van der Waals surface area contributed by atoms with Gasteiger partial charge in [0.15, 0.2) is 5.78 Å². The van der Waals surface area contributed by atoms with Crippen molar-refractivity contribution >= 4 is 5.78 Å². The Bertz CT molecular complexity index is 486. The second kappa shape index (κ2) is 5.41. The van der Waals surface area contributed by atoms with Gasteiger partial charge in [-0.15, -0.1) is 0 Å². The van der Waals surface area contributed by atoms with Crippen molar-refractivity contribution in [2.75, 3.05) is 13.7 Å². The van der Waals surface area contributed by atoms with Crippen LogP contribution in [0.4, 0.5) is 0 Å².